The number of aryl methyl sites for hydroxylation is 3. The number of benzene rings is 2. The van der Waals surface area contributed by atoms with Crippen molar-refractivity contribution in [1.29, 1.82) is 0 Å². The summed E-state index contributed by atoms with van der Waals surface area (Å²) in [5.41, 5.74) is 6.62. The molecule has 0 aliphatic carbocycles. The molecule has 0 fully saturated rings. The standard InChI is InChI=1S/C23H23FN4O/c1-4-17-13-19-20(12-14(17)2)28(11-5-6-16-7-9-18(24)10-8-16)22-21(26-19)15(3)25-23(29)27-22/h7-10,12-13H,3-6,11H2,1-2H3,(H,25,29)/p+1. The minimum atomic E-state index is -0.308. The Labute approximate surface area is 169 Å². The van der Waals surface area contributed by atoms with Gasteiger partial charge in [-0.15, -0.1) is 4.99 Å². The highest BCUT2D eigenvalue weighted by Crippen LogP contribution is 2.37. The molecule has 0 radical (unpaired) electrons. The third kappa shape index (κ3) is 3.76. The second-order valence-corrected chi connectivity index (χ2v) is 7.41. The first-order valence-electron chi connectivity index (χ1n) is 9.87. The number of urea groups is 1. The van der Waals surface area contributed by atoms with Crippen molar-refractivity contribution in [3.8, 4) is 0 Å². The number of nitrogens with two attached hydrogens (primary N) is 1. The lowest BCUT2D eigenvalue weighted by Gasteiger charge is -2.33. The van der Waals surface area contributed by atoms with Gasteiger partial charge >= 0.3 is 6.03 Å². The van der Waals surface area contributed by atoms with Gasteiger partial charge in [-0.25, -0.2) is 19.5 Å². The molecule has 6 heteroatoms. The van der Waals surface area contributed by atoms with Crippen LogP contribution in [0.15, 0.2) is 58.7 Å². The zero-order chi connectivity index (χ0) is 20.5. The number of anilines is 1. The number of rotatable bonds is 5. The molecule has 2 aliphatic heterocycles. The Hall–Kier alpha value is -3.12. The molecule has 2 heterocycles. The third-order valence-corrected chi connectivity index (χ3v) is 5.38. The normalized spacial score (nSPS) is 15.6. The van der Waals surface area contributed by atoms with Gasteiger partial charge in [-0.1, -0.05) is 19.1 Å². The minimum absolute atomic E-state index is 0.230. The summed E-state index contributed by atoms with van der Waals surface area (Å²) in [4.78, 5) is 23.2. The molecule has 0 unspecified atom stereocenters. The Morgan fingerprint density at radius 2 is 1.93 bits per heavy atom. The van der Waals surface area contributed by atoms with Crippen LogP contribution >= 0.6 is 0 Å². The van der Waals surface area contributed by atoms with Crippen LogP contribution in [0.4, 0.5) is 20.6 Å². The Bertz CT molecular complexity index is 1050. The molecule has 2 aromatic rings. The number of hydrogen-bond acceptors (Lipinski definition) is 3. The zero-order valence-corrected chi connectivity index (χ0v) is 16.7. The molecule has 2 aliphatic rings. The van der Waals surface area contributed by atoms with Gasteiger partial charge in [-0.2, -0.15) is 0 Å². The van der Waals surface area contributed by atoms with Gasteiger partial charge in [0.1, 0.15) is 5.82 Å². The van der Waals surface area contributed by atoms with E-state index in [2.05, 4.69) is 42.5 Å². The first-order chi connectivity index (χ1) is 14.0. The van der Waals surface area contributed by atoms with Crippen molar-refractivity contribution in [3.63, 3.8) is 0 Å². The Balaban J connectivity index is 1.67. The van der Waals surface area contributed by atoms with E-state index >= 15 is 0 Å². The summed E-state index contributed by atoms with van der Waals surface area (Å²) >= 11 is 0. The van der Waals surface area contributed by atoms with Crippen LogP contribution in [0.5, 0.6) is 0 Å². The number of amides is 2. The van der Waals surface area contributed by atoms with E-state index in [1.54, 1.807) is 0 Å². The number of nitrogens with zero attached hydrogens (tertiary/aromatic N) is 3. The summed E-state index contributed by atoms with van der Waals surface area (Å²) in [5, 5.41) is 1.43. The van der Waals surface area contributed by atoms with Crippen LogP contribution < -0.4 is 10.2 Å². The molecular weight excluding hydrogens is 367 g/mol. The molecule has 0 saturated heterocycles. The molecular formula is C23H24FN4O+. The van der Waals surface area contributed by atoms with E-state index < -0.39 is 0 Å². The average molecular weight is 391 g/mol. The van der Waals surface area contributed by atoms with Crippen molar-refractivity contribution in [3.05, 3.63) is 71.2 Å². The predicted molar refractivity (Wildman–Crippen MR) is 114 cm³/mol. The summed E-state index contributed by atoms with van der Waals surface area (Å²) < 4.78 is 13.1. The summed E-state index contributed by atoms with van der Waals surface area (Å²) in [5.74, 6) is 0.337. The van der Waals surface area contributed by atoms with Crippen LogP contribution in [-0.4, -0.2) is 24.1 Å². The number of fused-ring (bicyclic) bond motifs is 2. The summed E-state index contributed by atoms with van der Waals surface area (Å²) in [6, 6.07) is 10.5. The number of halogens is 1. The summed E-state index contributed by atoms with van der Waals surface area (Å²) in [7, 11) is 0. The van der Waals surface area contributed by atoms with Crippen molar-refractivity contribution in [2.45, 2.75) is 33.1 Å². The van der Waals surface area contributed by atoms with E-state index in [1.165, 1.54) is 28.6 Å². The maximum atomic E-state index is 13.1. The van der Waals surface area contributed by atoms with Gasteiger partial charge in [0, 0.05) is 6.54 Å². The highest BCUT2D eigenvalue weighted by molar-refractivity contribution is 6.54. The van der Waals surface area contributed by atoms with E-state index in [0.29, 0.717) is 23.8 Å². The van der Waals surface area contributed by atoms with Crippen molar-refractivity contribution >= 4 is 29.0 Å². The second kappa shape index (κ2) is 7.72. The van der Waals surface area contributed by atoms with E-state index in [-0.39, 0.29) is 11.8 Å². The molecule has 4 rings (SSSR count). The van der Waals surface area contributed by atoms with E-state index in [9.17, 15) is 9.18 Å². The molecule has 0 bridgehead atoms. The molecule has 0 saturated carbocycles. The number of amidine groups is 1. The Morgan fingerprint density at radius 3 is 2.66 bits per heavy atom. The number of carbonyl (C=O) groups excluding carboxylic acids is 1. The number of primary amides is 1. The smallest absolute Gasteiger partial charge is 0.322 e. The van der Waals surface area contributed by atoms with Gasteiger partial charge in [0.05, 0.1) is 11.4 Å². The maximum Gasteiger partial charge on any atom is 0.446 e. The quantitative estimate of drug-likeness (QED) is 0.842. The van der Waals surface area contributed by atoms with Crippen molar-refractivity contribution in [1.82, 2.24) is 0 Å². The first kappa shape index (κ1) is 19.2. The van der Waals surface area contributed by atoms with Gasteiger partial charge in [0.25, 0.3) is 0 Å². The molecule has 29 heavy (non-hydrogen) atoms. The lowest BCUT2D eigenvalue weighted by molar-refractivity contribution is -0.491. The van der Waals surface area contributed by atoms with Gasteiger partial charge in [-0.05, 0) is 73.7 Å². The van der Waals surface area contributed by atoms with Gasteiger partial charge < -0.3 is 4.90 Å². The van der Waals surface area contributed by atoms with Crippen molar-refractivity contribution in [2.75, 3.05) is 11.4 Å². The van der Waals surface area contributed by atoms with Gasteiger partial charge in [0.2, 0.25) is 0 Å². The van der Waals surface area contributed by atoms with Crippen LogP contribution in [0.25, 0.3) is 0 Å². The predicted octanol–water partition coefficient (Wildman–Crippen LogP) is 3.83. The summed E-state index contributed by atoms with van der Waals surface area (Å²) in [6.07, 6.45) is 2.57. The third-order valence-electron chi connectivity index (χ3n) is 5.38. The van der Waals surface area contributed by atoms with Crippen molar-refractivity contribution < 1.29 is 14.5 Å². The second-order valence-electron chi connectivity index (χ2n) is 7.41. The van der Waals surface area contributed by atoms with E-state index in [0.717, 1.165) is 36.2 Å². The molecule has 2 aromatic carbocycles. The summed E-state index contributed by atoms with van der Waals surface area (Å²) in [6.45, 7) is 8.90. The molecule has 2 amide bonds. The molecule has 0 aromatic heterocycles. The monoisotopic (exact) mass is 391 g/mol. The number of carbonyl (C=O) groups is 1. The fraction of sp³-hybridized carbons (Fsp3) is 0.261. The molecule has 148 valence electrons. The lowest BCUT2D eigenvalue weighted by atomic mass is 10.0. The first-order valence-corrected chi connectivity index (χ1v) is 9.87. The van der Waals surface area contributed by atoms with Crippen LogP contribution in [0.1, 0.15) is 30.0 Å². The largest absolute Gasteiger partial charge is 0.446 e. The van der Waals surface area contributed by atoms with E-state index in [4.69, 9.17) is 4.99 Å². The lowest BCUT2D eigenvalue weighted by Crippen LogP contribution is -2.88. The number of aliphatic imine (C=N–C) groups is 2. The zero-order valence-electron chi connectivity index (χ0n) is 16.7. The van der Waals surface area contributed by atoms with Crippen LogP contribution in [0.2, 0.25) is 0 Å². The fourth-order valence-electron chi connectivity index (χ4n) is 3.83. The van der Waals surface area contributed by atoms with E-state index in [1.807, 2.05) is 12.1 Å². The highest BCUT2D eigenvalue weighted by Gasteiger charge is 2.35. The maximum absolute atomic E-state index is 13.1. The van der Waals surface area contributed by atoms with Crippen molar-refractivity contribution in [2.24, 2.45) is 9.98 Å². The number of quaternary nitrogens is 1. The van der Waals surface area contributed by atoms with Crippen LogP contribution in [0, 0.1) is 12.7 Å². The van der Waals surface area contributed by atoms with Gasteiger partial charge in [0.15, 0.2) is 17.2 Å². The molecule has 0 spiro atoms. The molecule has 0 atom stereocenters. The average Bonchev–Trinajstić information content (AvgIpc) is 2.69. The minimum Gasteiger partial charge on any atom is -0.322 e. The fourth-order valence-corrected chi connectivity index (χ4v) is 3.83. The SMILES string of the molecule is C=C1[NH2+]C(=O)N=C2C1=Nc1cc(CC)c(C)cc1N2CCCc1ccc(F)cc1. The van der Waals surface area contributed by atoms with Crippen LogP contribution in [0.3, 0.4) is 0 Å². The van der Waals surface area contributed by atoms with Gasteiger partial charge in [-0.3, -0.25) is 0 Å². The molecule has 5 nitrogen and oxygen atoms in total. The number of hydrogen-bond donors (Lipinski definition) is 1. The highest BCUT2D eigenvalue weighted by atomic mass is 19.1. The van der Waals surface area contributed by atoms with Crippen LogP contribution in [-0.2, 0) is 12.8 Å². The molecule has 2 N–H and O–H groups in total. The topological polar surface area (TPSA) is 61.6 Å². The Kier molecular flexibility index (Phi) is 5.11. The Morgan fingerprint density at radius 1 is 1.17 bits per heavy atom.